The van der Waals surface area contributed by atoms with Crippen molar-refractivity contribution in [2.75, 3.05) is 20.8 Å². The van der Waals surface area contributed by atoms with E-state index in [1.54, 1.807) is 29.8 Å². The molecule has 0 spiro atoms. The highest BCUT2D eigenvalue weighted by Gasteiger charge is 2.21. The van der Waals surface area contributed by atoms with Gasteiger partial charge < -0.3 is 23.8 Å². The highest BCUT2D eigenvalue weighted by Crippen LogP contribution is 2.35. The van der Waals surface area contributed by atoms with Crippen LogP contribution in [0.25, 0.3) is 22.6 Å². The summed E-state index contributed by atoms with van der Waals surface area (Å²) < 4.78 is 29.6. The number of phosphoric acid groups is 1. The van der Waals surface area contributed by atoms with E-state index in [1.165, 1.54) is 18.8 Å². The Morgan fingerprint density at radius 3 is 2.45 bits per heavy atom. The van der Waals surface area contributed by atoms with Crippen LogP contribution in [0.4, 0.5) is 0 Å². The molecule has 176 valence electrons. The molecule has 0 amide bonds. The van der Waals surface area contributed by atoms with Crippen molar-refractivity contribution in [3.63, 3.8) is 0 Å². The van der Waals surface area contributed by atoms with Crippen LogP contribution in [0.2, 0.25) is 0 Å². The SMILES string of the molecule is C#CCn1c(=O)c2c(nc(-c3ccc(OC)c(OC)c3)n2C)n(CCCOP(=O)(O)O)c1=O. The van der Waals surface area contributed by atoms with Gasteiger partial charge in [-0.05, 0) is 24.6 Å². The van der Waals surface area contributed by atoms with Crippen LogP contribution in [0, 0.1) is 12.3 Å². The average Bonchev–Trinajstić information content (AvgIpc) is 3.11. The zero-order valence-electron chi connectivity index (χ0n) is 18.2. The third-order valence-corrected chi connectivity index (χ3v) is 5.44. The van der Waals surface area contributed by atoms with E-state index in [4.69, 9.17) is 25.7 Å². The lowest BCUT2D eigenvalue weighted by atomic mass is 10.2. The van der Waals surface area contributed by atoms with Crippen molar-refractivity contribution in [3.05, 3.63) is 39.0 Å². The van der Waals surface area contributed by atoms with E-state index in [1.807, 2.05) is 0 Å². The minimum atomic E-state index is -4.64. The van der Waals surface area contributed by atoms with Crippen LogP contribution in [0.5, 0.6) is 11.5 Å². The van der Waals surface area contributed by atoms with Crippen molar-refractivity contribution in [1.29, 1.82) is 0 Å². The molecule has 0 atom stereocenters. The maximum atomic E-state index is 13.1. The van der Waals surface area contributed by atoms with Crippen LogP contribution >= 0.6 is 7.82 Å². The van der Waals surface area contributed by atoms with Crippen LogP contribution in [-0.2, 0) is 29.2 Å². The Balaban J connectivity index is 2.18. The molecule has 0 bridgehead atoms. The maximum absolute atomic E-state index is 13.1. The Morgan fingerprint density at radius 1 is 1.15 bits per heavy atom. The van der Waals surface area contributed by atoms with E-state index in [0.29, 0.717) is 22.9 Å². The first-order valence-corrected chi connectivity index (χ1v) is 11.2. The molecule has 12 nitrogen and oxygen atoms in total. The summed E-state index contributed by atoms with van der Waals surface area (Å²) in [6, 6.07) is 5.12. The predicted octanol–water partition coefficient (Wildman–Crippen LogP) is 0.713. The van der Waals surface area contributed by atoms with Gasteiger partial charge >= 0.3 is 13.5 Å². The van der Waals surface area contributed by atoms with Gasteiger partial charge in [0.15, 0.2) is 22.7 Å². The normalized spacial score (nSPS) is 11.5. The number of ether oxygens (including phenoxy) is 2. The second-order valence-electron chi connectivity index (χ2n) is 6.94. The van der Waals surface area contributed by atoms with Gasteiger partial charge in [-0.25, -0.2) is 18.9 Å². The first-order valence-electron chi connectivity index (χ1n) is 9.69. The van der Waals surface area contributed by atoms with E-state index < -0.39 is 19.1 Å². The molecule has 0 aliphatic heterocycles. The van der Waals surface area contributed by atoms with Crippen molar-refractivity contribution < 1.29 is 28.3 Å². The second kappa shape index (κ2) is 9.64. The molecule has 2 N–H and O–H groups in total. The van der Waals surface area contributed by atoms with Crippen LogP contribution in [0.1, 0.15) is 6.42 Å². The summed E-state index contributed by atoms with van der Waals surface area (Å²) in [5, 5.41) is 0. The second-order valence-corrected chi connectivity index (χ2v) is 8.18. The molecule has 13 heteroatoms. The van der Waals surface area contributed by atoms with Crippen LogP contribution in [0.3, 0.4) is 0 Å². The fourth-order valence-corrected chi connectivity index (χ4v) is 3.80. The molecule has 3 aromatic rings. The van der Waals surface area contributed by atoms with Crippen molar-refractivity contribution in [2.45, 2.75) is 19.5 Å². The summed E-state index contributed by atoms with van der Waals surface area (Å²) in [7, 11) is -0.00895. The number of benzene rings is 1. The Kier molecular flexibility index (Phi) is 7.09. The lowest BCUT2D eigenvalue weighted by molar-refractivity contribution is 0.192. The molecule has 0 saturated carbocycles. The Bertz CT molecular complexity index is 1390. The fraction of sp³-hybridized carbons (Fsp3) is 0.350. The number of rotatable bonds is 9. The third-order valence-electron chi connectivity index (χ3n) is 4.92. The predicted molar refractivity (Wildman–Crippen MR) is 119 cm³/mol. The lowest BCUT2D eigenvalue weighted by Crippen LogP contribution is -2.40. The molecule has 0 saturated heterocycles. The summed E-state index contributed by atoms with van der Waals surface area (Å²) in [5.41, 5.74) is -0.415. The van der Waals surface area contributed by atoms with Gasteiger partial charge in [0.2, 0.25) is 0 Å². The molecule has 33 heavy (non-hydrogen) atoms. The van der Waals surface area contributed by atoms with Crippen molar-refractivity contribution in [1.82, 2.24) is 18.7 Å². The highest BCUT2D eigenvalue weighted by atomic mass is 31.2. The topological polar surface area (TPSA) is 147 Å². The molecular weight excluding hydrogens is 455 g/mol. The molecule has 3 rings (SSSR count). The number of terminal acetylenes is 1. The first kappa shape index (κ1) is 24.3. The van der Waals surface area contributed by atoms with Crippen LogP contribution in [-0.4, -0.2) is 49.3 Å². The number of aryl methyl sites for hydroxylation is 2. The van der Waals surface area contributed by atoms with Crippen molar-refractivity contribution >= 4 is 19.0 Å². The largest absolute Gasteiger partial charge is 0.493 e. The summed E-state index contributed by atoms with van der Waals surface area (Å²) in [5.74, 6) is 3.65. The van der Waals surface area contributed by atoms with Gasteiger partial charge in [-0.1, -0.05) is 5.92 Å². The summed E-state index contributed by atoms with van der Waals surface area (Å²) in [6.07, 6.45) is 5.42. The molecule has 2 heterocycles. The first-order chi connectivity index (χ1) is 15.6. The minimum absolute atomic E-state index is 0.0113. The number of fused-ring (bicyclic) bond motifs is 1. The molecule has 0 aliphatic carbocycles. The summed E-state index contributed by atoms with van der Waals surface area (Å²) in [6.45, 7) is -0.562. The van der Waals surface area contributed by atoms with E-state index in [2.05, 4.69) is 15.4 Å². The number of imidazole rings is 1. The van der Waals surface area contributed by atoms with Gasteiger partial charge in [0.05, 0.1) is 27.4 Å². The lowest BCUT2D eigenvalue weighted by Gasteiger charge is -2.11. The number of phosphoric ester groups is 1. The highest BCUT2D eigenvalue weighted by molar-refractivity contribution is 7.46. The van der Waals surface area contributed by atoms with Crippen LogP contribution in [0.15, 0.2) is 27.8 Å². The standard InChI is InChI=1S/C20H23N4O8P/c1-5-9-24-19(25)16-18(23(20(24)26)10-6-11-32-33(27,28)29)21-17(22(16)2)13-7-8-14(30-3)15(12-13)31-4/h1,7-8,12H,6,9-11H2,2-4H3,(H2,27,28,29). The van der Waals surface area contributed by atoms with Gasteiger partial charge in [0.25, 0.3) is 5.56 Å². The number of hydrogen-bond acceptors (Lipinski definition) is 7. The van der Waals surface area contributed by atoms with Gasteiger partial charge in [0, 0.05) is 19.2 Å². The zero-order valence-corrected chi connectivity index (χ0v) is 19.1. The van der Waals surface area contributed by atoms with E-state index in [9.17, 15) is 14.2 Å². The zero-order chi connectivity index (χ0) is 24.3. The average molecular weight is 478 g/mol. The quantitative estimate of drug-likeness (QED) is 0.258. The number of aromatic nitrogens is 4. The van der Waals surface area contributed by atoms with Gasteiger partial charge in [-0.2, -0.15) is 0 Å². The van der Waals surface area contributed by atoms with E-state index >= 15 is 0 Å². The molecule has 0 aliphatic rings. The Labute approximate surface area is 188 Å². The maximum Gasteiger partial charge on any atom is 0.469 e. The molecule has 0 radical (unpaired) electrons. The van der Waals surface area contributed by atoms with E-state index in [0.717, 1.165) is 4.57 Å². The monoisotopic (exact) mass is 478 g/mol. The minimum Gasteiger partial charge on any atom is -0.493 e. The van der Waals surface area contributed by atoms with Crippen molar-refractivity contribution in [3.8, 4) is 35.2 Å². The fourth-order valence-electron chi connectivity index (χ4n) is 3.43. The number of methoxy groups -OCH3 is 2. The Morgan fingerprint density at radius 2 is 1.85 bits per heavy atom. The van der Waals surface area contributed by atoms with Gasteiger partial charge in [-0.15, -0.1) is 6.42 Å². The Hall–Kier alpha value is -3.36. The van der Waals surface area contributed by atoms with Gasteiger partial charge in [-0.3, -0.25) is 13.9 Å². The molecule has 2 aromatic heterocycles. The van der Waals surface area contributed by atoms with Crippen molar-refractivity contribution in [2.24, 2.45) is 7.05 Å². The smallest absolute Gasteiger partial charge is 0.469 e. The molecule has 0 unspecified atom stereocenters. The summed E-state index contributed by atoms with van der Waals surface area (Å²) in [4.78, 5) is 48.3. The van der Waals surface area contributed by atoms with Gasteiger partial charge in [0.1, 0.15) is 5.82 Å². The number of hydrogen-bond donors (Lipinski definition) is 2. The third kappa shape index (κ3) is 4.86. The molecule has 0 fully saturated rings. The number of nitrogens with zero attached hydrogens (tertiary/aromatic N) is 4. The molecular formula is C20H23N4O8P. The van der Waals surface area contributed by atoms with Crippen LogP contribution < -0.4 is 20.7 Å². The molecule has 1 aromatic carbocycles. The summed E-state index contributed by atoms with van der Waals surface area (Å²) >= 11 is 0. The van der Waals surface area contributed by atoms with E-state index in [-0.39, 0.29) is 37.3 Å².